The number of nitrogens with zero attached hydrogens (tertiary/aromatic N) is 6. The molecule has 0 aliphatic heterocycles. The highest BCUT2D eigenvalue weighted by Gasteiger charge is 2.22. The predicted molar refractivity (Wildman–Crippen MR) is 142 cm³/mol. The maximum atomic E-state index is 16.0. The molecule has 6 rings (SSSR count). The van der Waals surface area contributed by atoms with Gasteiger partial charge in [0.1, 0.15) is 28.9 Å². The van der Waals surface area contributed by atoms with Crippen molar-refractivity contribution in [3.63, 3.8) is 0 Å². The SMILES string of the molecule is CCCCC(O)Nc1cncc(-c2cnc3[nH]nc(-c4nc5c(-c6ccccn6)nccc5[nH]4)c3c2F)c1. The highest BCUT2D eigenvalue weighted by Crippen LogP contribution is 2.34. The first-order chi connectivity index (χ1) is 18.6. The number of aliphatic hydroxyl groups is 1. The number of unbranched alkanes of at least 4 members (excludes halogenated alkanes) is 1. The van der Waals surface area contributed by atoms with Crippen molar-refractivity contribution in [3.8, 4) is 34.0 Å². The minimum atomic E-state index is -0.712. The fourth-order valence-electron chi connectivity index (χ4n) is 4.39. The Kier molecular flexibility index (Phi) is 6.18. The Bertz CT molecular complexity index is 1730. The van der Waals surface area contributed by atoms with Crippen molar-refractivity contribution in [2.75, 3.05) is 5.32 Å². The van der Waals surface area contributed by atoms with Gasteiger partial charge in [-0.05, 0) is 37.1 Å². The molecule has 0 radical (unpaired) electrons. The van der Waals surface area contributed by atoms with Gasteiger partial charge in [-0.3, -0.25) is 20.1 Å². The number of aromatic amines is 2. The van der Waals surface area contributed by atoms with Crippen LogP contribution in [0.3, 0.4) is 0 Å². The number of H-pyrrole nitrogens is 2. The molecule has 0 saturated carbocycles. The van der Waals surface area contributed by atoms with Crippen LogP contribution < -0.4 is 5.32 Å². The summed E-state index contributed by atoms with van der Waals surface area (Å²) in [7, 11) is 0. The van der Waals surface area contributed by atoms with Crippen LogP contribution in [0.25, 0.3) is 56.1 Å². The van der Waals surface area contributed by atoms with Crippen LogP contribution in [0.15, 0.2) is 61.3 Å². The van der Waals surface area contributed by atoms with E-state index in [1.165, 1.54) is 6.20 Å². The van der Waals surface area contributed by atoms with Gasteiger partial charge in [-0.1, -0.05) is 19.4 Å². The molecule has 0 fully saturated rings. The fraction of sp³-hybridized carbons (Fsp3) is 0.185. The Balaban J connectivity index is 1.41. The number of rotatable bonds is 8. The average Bonchev–Trinajstić information content (AvgIpc) is 3.57. The van der Waals surface area contributed by atoms with Crippen molar-refractivity contribution in [1.29, 1.82) is 0 Å². The Morgan fingerprint density at radius 3 is 2.82 bits per heavy atom. The van der Waals surface area contributed by atoms with Crippen LogP contribution in [0, 0.1) is 5.82 Å². The van der Waals surface area contributed by atoms with Gasteiger partial charge in [0.05, 0.1) is 28.5 Å². The molecule has 11 heteroatoms. The molecule has 0 aliphatic carbocycles. The number of fused-ring (bicyclic) bond motifs is 2. The molecule has 0 spiro atoms. The maximum Gasteiger partial charge on any atom is 0.159 e. The van der Waals surface area contributed by atoms with Crippen LogP contribution in [0.5, 0.6) is 0 Å². The van der Waals surface area contributed by atoms with Gasteiger partial charge in [-0.15, -0.1) is 0 Å². The zero-order valence-corrected chi connectivity index (χ0v) is 20.5. The summed E-state index contributed by atoms with van der Waals surface area (Å²) in [6, 6.07) is 9.10. The highest BCUT2D eigenvalue weighted by atomic mass is 19.1. The van der Waals surface area contributed by atoms with E-state index in [9.17, 15) is 5.11 Å². The van der Waals surface area contributed by atoms with E-state index >= 15 is 4.39 Å². The molecule has 0 bridgehead atoms. The third-order valence-electron chi connectivity index (χ3n) is 6.27. The quantitative estimate of drug-likeness (QED) is 0.208. The van der Waals surface area contributed by atoms with Crippen LogP contribution in [0.1, 0.15) is 26.2 Å². The van der Waals surface area contributed by atoms with Gasteiger partial charge in [0, 0.05) is 35.9 Å². The lowest BCUT2D eigenvalue weighted by Crippen LogP contribution is -2.18. The monoisotopic (exact) mass is 509 g/mol. The number of aromatic nitrogens is 8. The number of nitrogens with one attached hydrogen (secondary N) is 3. The summed E-state index contributed by atoms with van der Waals surface area (Å²) in [5.74, 6) is -0.130. The number of pyridine rings is 4. The first-order valence-electron chi connectivity index (χ1n) is 12.3. The van der Waals surface area contributed by atoms with E-state index < -0.39 is 12.0 Å². The van der Waals surface area contributed by atoms with E-state index in [-0.39, 0.29) is 10.9 Å². The number of hydrogen-bond donors (Lipinski definition) is 4. The molecule has 4 N–H and O–H groups in total. The molecule has 0 saturated heterocycles. The first kappa shape index (κ1) is 23.6. The van der Waals surface area contributed by atoms with Gasteiger partial charge in [-0.2, -0.15) is 5.10 Å². The standard InChI is InChI=1S/C27H24FN9O/c1-2-3-7-20(38)33-16-11-15(12-29-13-16)17-14-32-26-21(22(17)28)25(36-37-26)27-34-19-8-10-31-23(24(19)35-27)18-6-4-5-9-30-18/h4-6,8-14,20,33,38H,2-3,7H2,1H3,(H,34,35)(H,32,36,37). The van der Waals surface area contributed by atoms with Crippen LogP contribution in [0.4, 0.5) is 10.1 Å². The van der Waals surface area contributed by atoms with Crippen molar-refractivity contribution in [2.24, 2.45) is 0 Å². The fourth-order valence-corrected chi connectivity index (χ4v) is 4.39. The van der Waals surface area contributed by atoms with E-state index in [4.69, 9.17) is 4.98 Å². The second-order valence-electron chi connectivity index (χ2n) is 8.90. The molecular formula is C27H24FN9O. The lowest BCUT2D eigenvalue weighted by atomic mass is 10.1. The Morgan fingerprint density at radius 1 is 1.05 bits per heavy atom. The van der Waals surface area contributed by atoms with Crippen molar-refractivity contribution >= 4 is 27.8 Å². The Hall–Kier alpha value is -4.77. The molecule has 0 aliphatic rings. The summed E-state index contributed by atoms with van der Waals surface area (Å²) in [5, 5.41) is 20.6. The molecule has 190 valence electrons. The normalized spacial score (nSPS) is 12.3. The number of imidazole rings is 1. The van der Waals surface area contributed by atoms with Gasteiger partial charge in [-0.25, -0.2) is 14.4 Å². The van der Waals surface area contributed by atoms with Gasteiger partial charge < -0.3 is 15.4 Å². The van der Waals surface area contributed by atoms with E-state index in [1.807, 2.05) is 18.2 Å². The van der Waals surface area contributed by atoms with Crippen LogP contribution in [-0.4, -0.2) is 51.4 Å². The van der Waals surface area contributed by atoms with Gasteiger partial charge in [0.15, 0.2) is 11.5 Å². The minimum absolute atomic E-state index is 0.204. The third kappa shape index (κ3) is 4.33. The summed E-state index contributed by atoms with van der Waals surface area (Å²) in [6.07, 6.45) is 9.72. The van der Waals surface area contributed by atoms with Gasteiger partial charge in [0.25, 0.3) is 0 Å². The summed E-state index contributed by atoms with van der Waals surface area (Å²) >= 11 is 0. The zero-order chi connectivity index (χ0) is 26.1. The molecule has 1 atom stereocenters. The topological polar surface area (TPSA) is 141 Å². The summed E-state index contributed by atoms with van der Waals surface area (Å²) in [6.45, 7) is 2.06. The molecule has 0 aromatic carbocycles. The Morgan fingerprint density at radius 2 is 1.97 bits per heavy atom. The molecule has 38 heavy (non-hydrogen) atoms. The van der Waals surface area contributed by atoms with Crippen LogP contribution in [0.2, 0.25) is 0 Å². The molecule has 1 unspecified atom stereocenters. The van der Waals surface area contributed by atoms with Crippen LogP contribution >= 0.6 is 0 Å². The largest absolute Gasteiger partial charge is 0.374 e. The molecule has 0 amide bonds. The average molecular weight is 510 g/mol. The van der Waals surface area contributed by atoms with E-state index in [0.29, 0.717) is 51.7 Å². The van der Waals surface area contributed by atoms with Gasteiger partial charge in [0.2, 0.25) is 0 Å². The number of aliphatic hydroxyl groups excluding tert-OH is 1. The van der Waals surface area contributed by atoms with E-state index in [1.54, 1.807) is 36.9 Å². The molecule has 6 aromatic rings. The summed E-state index contributed by atoms with van der Waals surface area (Å²) < 4.78 is 16.0. The molecule has 10 nitrogen and oxygen atoms in total. The number of halogens is 1. The summed E-state index contributed by atoms with van der Waals surface area (Å²) in [4.78, 5) is 25.4. The maximum absolute atomic E-state index is 16.0. The van der Waals surface area contributed by atoms with Gasteiger partial charge >= 0.3 is 0 Å². The molecular weight excluding hydrogens is 485 g/mol. The van der Waals surface area contributed by atoms with Crippen molar-refractivity contribution in [1.82, 2.24) is 40.1 Å². The minimum Gasteiger partial charge on any atom is -0.374 e. The smallest absolute Gasteiger partial charge is 0.159 e. The molecule has 6 heterocycles. The van der Waals surface area contributed by atoms with E-state index in [0.717, 1.165) is 18.4 Å². The zero-order valence-electron chi connectivity index (χ0n) is 20.5. The van der Waals surface area contributed by atoms with Crippen molar-refractivity contribution in [3.05, 3.63) is 67.1 Å². The second-order valence-corrected chi connectivity index (χ2v) is 8.90. The third-order valence-corrected chi connectivity index (χ3v) is 6.27. The highest BCUT2D eigenvalue weighted by molar-refractivity contribution is 5.96. The predicted octanol–water partition coefficient (Wildman–Crippen LogP) is 5.08. The number of hydrogen-bond acceptors (Lipinski definition) is 8. The number of anilines is 1. The lowest BCUT2D eigenvalue weighted by molar-refractivity contribution is 0.190. The van der Waals surface area contributed by atoms with E-state index in [2.05, 4.69) is 47.4 Å². The summed E-state index contributed by atoms with van der Waals surface area (Å²) in [5.41, 5.74) is 4.57. The second kappa shape index (κ2) is 9.94. The van der Waals surface area contributed by atoms with Crippen LogP contribution in [-0.2, 0) is 0 Å². The van der Waals surface area contributed by atoms with Crippen molar-refractivity contribution in [2.45, 2.75) is 32.4 Å². The first-order valence-corrected chi connectivity index (χ1v) is 12.3. The van der Waals surface area contributed by atoms with Crippen molar-refractivity contribution < 1.29 is 9.50 Å². The Labute approximate surface area is 216 Å². The molecule has 6 aromatic heterocycles. The lowest BCUT2D eigenvalue weighted by Gasteiger charge is -2.14.